The highest BCUT2D eigenvalue weighted by atomic mass is 32.2. The predicted molar refractivity (Wildman–Crippen MR) is 73.8 cm³/mol. The Bertz CT molecular complexity index is 617. The van der Waals surface area contributed by atoms with E-state index < -0.39 is 20.5 Å². The average Bonchev–Trinajstić information content (AvgIpc) is 2.47. The van der Waals surface area contributed by atoms with Crippen molar-refractivity contribution in [3.8, 4) is 0 Å². The first-order valence-corrected chi connectivity index (χ1v) is 8.03. The molecule has 21 heavy (non-hydrogen) atoms. The number of hydrogen-bond donors (Lipinski definition) is 1. The summed E-state index contributed by atoms with van der Waals surface area (Å²) in [4.78, 5) is 12.7. The van der Waals surface area contributed by atoms with E-state index in [-0.39, 0.29) is 11.8 Å². The number of benzene rings is 1. The van der Waals surface area contributed by atoms with Crippen LogP contribution in [-0.2, 0) is 14.6 Å². The molecule has 0 spiro atoms. The molecule has 1 aliphatic heterocycles. The van der Waals surface area contributed by atoms with Gasteiger partial charge >= 0.3 is 5.76 Å². The average molecular weight is 318 g/mol. The number of nitrogens with two attached hydrogens (primary N) is 1. The monoisotopic (exact) mass is 318 g/mol. The highest BCUT2D eigenvalue weighted by Crippen LogP contribution is 2.26. The SMILES string of the molecule is NC(=O)C1CCCN(c2ccc(S(=O)(=O)C(F)F)cc2)C1. The van der Waals surface area contributed by atoms with Crippen molar-refractivity contribution >= 4 is 21.4 Å². The normalized spacial score (nSPS) is 19.8. The largest absolute Gasteiger partial charge is 0.371 e. The van der Waals surface area contributed by atoms with Gasteiger partial charge in [0.15, 0.2) is 0 Å². The van der Waals surface area contributed by atoms with Gasteiger partial charge in [-0.15, -0.1) is 0 Å². The molecule has 1 saturated heterocycles. The molecule has 1 unspecified atom stereocenters. The smallest absolute Gasteiger partial charge is 0.341 e. The Morgan fingerprint density at radius 1 is 1.29 bits per heavy atom. The Balaban J connectivity index is 2.18. The zero-order valence-corrected chi connectivity index (χ0v) is 12.0. The molecule has 0 aromatic heterocycles. The zero-order chi connectivity index (χ0) is 15.6. The van der Waals surface area contributed by atoms with Gasteiger partial charge in [-0.3, -0.25) is 4.79 Å². The van der Waals surface area contributed by atoms with Crippen molar-refractivity contribution in [2.75, 3.05) is 18.0 Å². The summed E-state index contributed by atoms with van der Waals surface area (Å²) in [6.07, 6.45) is 1.52. The first-order valence-electron chi connectivity index (χ1n) is 6.48. The van der Waals surface area contributed by atoms with E-state index in [0.29, 0.717) is 18.8 Å². The third-order valence-electron chi connectivity index (χ3n) is 3.59. The molecule has 1 fully saturated rings. The molecule has 116 valence electrons. The van der Waals surface area contributed by atoms with Crippen LogP contribution in [0.1, 0.15) is 12.8 Å². The van der Waals surface area contributed by atoms with E-state index in [4.69, 9.17) is 5.73 Å². The lowest BCUT2D eigenvalue weighted by molar-refractivity contribution is -0.122. The standard InChI is InChI=1S/C13H16F2N2O3S/c14-13(15)21(19,20)11-5-3-10(4-6-11)17-7-1-2-9(8-17)12(16)18/h3-6,9,13H,1-2,7-8H2,(H2,16,18). The summed E-state index contributed by atoms with van der Waals surface area (Å²) in [5.74, 6) is -4.04. The molecule has 1 aromatic carbocycles. The second-order valence-electron chi connectivity index (χ2n) is 4.99. The van der Waals surface area contributed by atoms with Crippen LogP contribution >= 0.6 is 0 Å². The van der Waals surface area contributed by atoms with Crippen LogP contribution in [0, 0.1) is 5.92 Å². The van der Waals surface area contributed by atoms with Crippen LogP contribution in [0.25, 0.3) is 0 Å². The molecular weight excluding hydrogens is 302 g/mol. The van der Waals surface area contributed by atoms with Crippen molar-refractivity contribution in [2.45, 2.75) is 23.5 Å². The van der Waals surface area contributed by atoms with Crippen molar-refractivity contribution in [3.05, 3.63) is 24.3 Å². The molecule has 1 atom stereocenters. The number of anilines is 1. The summed E-state index contributed by atoms with van der Waals surface area (Å²) in [6, 6.07) is 5.26. The lowest BCUT2D eigenvalue weighted by Gasteiger charge is -2.33. The van der Waals surface area contributed by atoms with Crippen LogP contribution in [0.5, 0.6) is 0 Å². The van der Waals surface area contributed by atoms with Crippen LogP contribution in [-0.4, -0.2) is 33.2 Å². The maximum Gasteiger partial charge on any atom is 0.341 e. The highest BCUT2D eigenvalue weighted by molar-refractivity contribution is 7.91. The summed E-state index contributed by atoms with van der Waals surface area (Å²) in [6.45, 7) is 1.17. The lowest BCUT2D eigenvalue weighted by atomic mass is 9.97. The van der Waals surface area contributed by atoms with Gasteiger partial charge in [-0.05, 0) is 37.1 Å². The van der Waals surface area contributed by atoms with Gasteiger partial charge in [0.1, 0.15) is 0 Å². The topological polar surface area (TPSA) is 80.5 Å². The van der Waals surface area contributed by atoms with Crippen molar-refractivity contribution < 1.29 is 22.0 Å². The fourth-order valence-electron chi connectivity index (χ4n) is 2.39. The maximum absolute atomic E-state index is 12.4. The molecule has 1 amide bonds. The summed E-state index contributed by atoms with van der Waals surface area (Å²) >= 11 is 0. The van der Waals surface area contributed by atoms with E-state index >= 15 is 0 Å². The van der Waals surface area contributed by atoms with E-state index in [0.717, 1.165) is 25.0 Å². The number of amides is 1. The van der Waals surface area contributed by atoms with E-state index in [1.807, 2.05) is 4.90 Å². The Morgan fingerprint density at radius 2 is 1.90 bits per heavy atom. The van der Waals surface area contributed by atoms with Crippen molar-refractivity contribution in [2.24, 2.45) is 11.7 Å². The van der Waals surface area contributed by atoms with E-state index in [9.17, 15) is 22.0 Å². The number of sulfone groups is 1. The van der Waals surface area contributed by atoms with Gasteiger partial charge in [0.05, 0.1) is 10.8 Å². The van der Waals surface area contributed by atoms with Gasteiger partial charge < -0.3 is 10.6 Å². The molecule has 1 aliphatic rings. The number of rotatable bonds is 4. The van der Waals surface area contributed by atoms with Crippen LogP contribution < -0.4 is 10.6 Å². The number of halogens is 2. The first kappa shape index (κ1) is 15.7. The second kappa shape index (κ2) is 5.97. The molecule has 8 heteroatoms. The molecule has 1 aromatic rings. The minimum atomic E-state index is -4.57. The van der Waals surface area contributed by atoms with Crippen molar-refractivity contribution in [3.63, 3.8) is 0 Å². The van der Waals surface area contributed by atoms with Crippen LogP contribution in [0.4, 0.5) is 14.5 Å². The molecule has 2 N–H and O–H groups in total. The third kappa shape index (κ3) is 3.31. The molecule has 0 saturated carbocycles. The van der Waals surface area contributed by atoms with Crippen molar-refractivity contribution in [1.29, 1.82) is 0 Å². The number of carbonyl (C=O) groups is 1. The summed E-state index contributed by atoms with van der Waals surface area (Å²) in [5.41, 5.74) is 5.98. The summed E-state index contributed by atoms with van der Waals surface area (Å²) < 4.78 is 47.6. The van der Waals surface area contributed by atoms with Crippen LogP contribution in [0.3, 0.4) is 0 Å². The van der Waals surface area contributed by atoms with Gasteiger partial charge in [-0.2, -0.15) is 8.78 Å². The maximum atomic E-state index is 12.4. The molecule has 0 bridgehead atoms. The van der Waals surface area contributed by atoms with E-state index in [2.05, 4.69) is 0 Å². The molecular formula is C13H16F2N2O3S. The minimum Gasteiger partial charge on any atom is -0.371 e. The van der Waals surface area contributed by atoms with Crippen molar-refractivity contribution in [1.82, 2.24) is 0 Å². The van der Waals surface area contributed by atoms with Gasteiger partial charge in [-0.25, -0.2) is 8.42 Å². The number of piperidine rings is 1. The Kier molecular flexibility index (Phi) is 4.46. The first-order chi connectivity index (χ1) is 9.82. The van der Waals surface area contributed by atoms with Gasteiger partial charge in [-0.1, -0.05) is 0 Å². The number of alkyl halides is 2. The molecule has 2 rings (SSSR count). The fourth-order valence-corrected chi connectivity index (χ4v) is 3.11. The molecule has 0 aliphatic carbocycles. The van der Waals surface area contributed by atoms with E-state index in [1.165, 1.54) is 12.1 Å². The molecule has 5 nitrogen and oxygen atoms in total. The number of primary amides is 1. The lowest BCUT2D eigenvalue weighted by Crippen LogP contribution is -2.41. The number of hydrogen-bond acceptors (Lipinski definition) is 4. The zero-order valence-electron chi connectivity index (χ0n) is 11.2. The summed E-state index contributed by atoms with van der Waals surface area (Å²) in [5, 5.41) is 0. The number of nitrogens with zero attached hydrogens (tertiary/aromatic N) is 1. The molecule has 0 radical (unpaired) electrons. The third-order valence-corrected chi connectivity index (χ3v) is 4.99. The Labute approximate surface area is 121 Å². The fraction of sp³-hybridized carbons (Fsp3) is 0.462. The number of carbonyl (C=O) groups excluding carboxylic acids is 1. The minimum absolute atomic E-state index is 0.247. The van der Waals surface area contributed by atoms with Gasteiger partial charge in [0.2, 0.25) is 15.7 Å². The van der Waals surface area contributed by atoms with Crippen LogP contribution in [0.15, 0.2) is 29.2 Å². The Hall–Kier alpha value is -1.70. The molecule has 1 heterocycles. The van der Waals surface area contributed by atoms with E-state index in [1.54, 1.807) is 0 Å². The second-order valence-corrected chi connectivity index (χ2v) is 6.90. The highest BCUT2D eigenvalue weighted by Gasteiger charge is 2.27. The Morgan fingerprint density at radius 3 is 2.43 bits per heavy atom. The summed E-state index contributed by atoms with van der Waals surface area (Å²) in [7, 11) is -4.57. The van der Waals surface area contributed by atoms with Gasteiger partial charge in [0, 0.05) is 18.8 Å². The van der Waals surface area contributed by atoms with Gasteiger partial charge in [0.25, 0.3) is 0 Å². The quantitative estimate of drug-likeness (QED) is 0.909. The van der Waals surface area contributed by atoms with Crippen LogP contribution in [0.2, 0.25) is 0 Å². The predicted octanol–water partition coefficient (Wildman–Crippen LogP) is 1.38.